The largest absolute Gasteiger partial charge is 0.308 e. The van der Waals surface area contributed by atoms with Gasteiger partial charge in [-0.05, 0) is 13.8 Å². The van der Waals surface area contributed by atoms with E-state index >= 15 is 0 Å². The van der Waals surface area contributed by atoms with Crippen molar-refractivity contribution in [2.24, 2.45) is 0 Å². The zero-order valence-corrected chi connectivity index (χ0v) is 7.51. The molecule has 64 valence electrons. The van der Waals surface area contributed by atoms with Crippen LogP contribution in [0.1, 0.15) is 13.8 Å². The van der Waals surface area contributed by atoms with Gasteiger partial charge >= 0.3 is 0 Å². The lowest BCUT2D eigenvalue weighted by atomic mass is 10.2. The summed E-state index contributed by atoms with van der Waals surface area (Å²) >= 11 is 0. The molecule has 1 aliphatic heterocycles. The van der Waals surface area contributed by atoms with Crippen molar-refractivity contribution in [2.45, 2.75) is 25.9 Å². The molecular formula is C9H18N2. The summed E-state index contributed by atoms with van der Waals surface area (Å²) in [6, 6.07) is 1.16. The van der Waals surface area contributed by atoms with Crippen LogP contribution in [0, 0.1) is 0 Å². The van der Waals surface area contributed by atoms with Gasteiger partial charge in [-0.3, -0.25) is 4.90 Å². The molecule has 1 N–H and O–H groups in total. The molecule has 1 atom stereocenters. The molecule has 0 aromatic heterocycles. The Kier molecular flexibility index (Phi) is 3.09. The molecule has 0 amide bonds. The van der Waals surface area contributed by atoms with E-state index in [1.807, 2.05) is 6.08 Å². The lowest BCUT2D eigenvalue weighted by Gasteiger charge is -2.34. The Hall–Kier alpha value is -0.340. The summed E-state index contributed by atoms with van der Waals surface area (Å²) in [4.78, 5) is 2.48. The number of nitrogens with one attached hydrogen (secondary N) is 1. The highest BCUT2D eigenvalue weighted by atomic mass is 15.2. The van der Waals surface area contributed by atoms with E-state index in [0.29, 0.717) is 12.1 Å². The molecular weight excluding hydrogens is 136 g/mol. The van der Waals surface area contributed by atoms with Crippen LogP contribution in [0.25, 0.3) is 0 Å². The topological polar surface area (TPSA) is 15.3 Å². The monoisotopic (exact) mass is 154 g/mol. The van der Waals surface area contributed by atoms with Crippen LogP contribution in [0.15, 0.2) is 12.7 Å². The Balaban J connectivity index is 2.39. The first kappa shape index (κ1) is 8.75. The van der Waals surface area contributed by atoms with Crippen molar-refractivity contribution in [3.05, 3.63) is 12.7 Å². The van der Waals surface area contributed by atoms with Crippen molar-refractivity contribution in [3.63, 3.8) is 0 Å². The minimum atomic E-state index is 0.492. The van der Waals surface area contributed by atoms with Crippen LogP contribution in [0.3, 0.4) is 0 Å². The van der Waals surface area contributed by atoms with Gasteiger partial charge in [-0.15, -0.1) is 6.58 Å². The lowest BCUT2D eigenvalue weighted by molar-refractivity contribution is 0.176. The highest BCUT2D eigenvalue weighted by Crippen LogP contribution is 2.03. The van der Waals surface area contributed by atoms with Crippen molar-refractivity contribution in [2.75, 3.05) is 19.6 Å². The standard InChI is InChI=1S/C9H18N2/c1-4-9-7-11(8(2)3)6-5-10-9/h4,8-10H,1,5-7H2,2-3H3. The molecule has 0 aromatic carbocycles. The molecule has 1 unspecified atom stereocenters. The minimum absolute atomic E-state index is 0.492. The Morgan fingerprint density at radius 2 is 2.36 bits per heavy atom. The van der Waals surface area contributed by atoms with Gasteiger partial charge in [-0.1, -0.05) is 6.08 Å². The highest BCUT2D eigenvalue weighted by Gasteiger charge is 2.17. The predicted molar refractivity (Wildman–Crippen MR) is 48.7 cm³/mol. The van der Waals surface area contributed by atoms with Gasteiger partial charge in [-0.25, -0.2) is 0 Å². The van der Waals surface area contributed by atoms with Crippen molar-refractivity contribution in [1.29, 1.82) is 0 Å². The first-order valence-electron chi connectivity index (χ1n) is 4.34. The molecule has 11 heavy (non-hydrogen) atoms. The molecule has 1 heterocycles. The zero-order valence-electron chi connectivity index (χ0n) is 7.51. The number of hydrogen-bond donors (Lipinski definition) is 1. The molecule has 0 bridgehead atoms. The molecule has 2 heteroatoms. The zero-order chi connectivity index (χ0) is 8.27. The summed E-state index contributed by atoms with van der Waals surface area (Å²) in [6.07, 6.45) is 1.99. The summed E-state index contributed by atoms with van der Waals surface area (Å²) in [5.41, 5.74) is 0. The van der Waals surface area contributed by atoms with Crippen LogP contribution >= 0.6 is 0 Å². The van der Waals surface area contributed by atoms with Gasteiger partial charge in [0.2, 0.25) is 0 Å². The third kappa shape index (κ3) is 2.31. The van der Waals surface area contributed by atoms with Crippen LogP contribution in [0.4, 0.5) is 0 Å². The molecule has 0 radical (unpaired) electrons. The van der Waals surface area contributed by atoms with E-state index in [1.165, 1.54) is 6.54 Å². The van der Waals surface area contributed by atoms with E-state index in [-0.39, 0.29) is 0 Å². The number of hydrogen-bond acceptors (Lipinski definition) is 2. The predicted octanol–water partition coefficient (Wildman–Crippen LogP) is 0.855. The minimum Gasteiger partial charge on any atom is -0.308 e. The van der Waals surface area contributed by atoms with Gasteiger partial charge in [0.1, 0.15) is 0 Å². The maximum atomic E-state index is 3.79. The van der Waals surface area contributed by atoms with E-state index < -0.39 is 0 Å². The average Bonchev–Trinajstić information content (AvgIpc) is 2.05. The fourth-order valence-electron chi connectivity index (χ4n) is 1.43. The summed E-state index contributed by atoms with van der Waals surface area (Å²) in [5.74, 6) is 0. The molecule has 1 fully saturated rings. The van der Waals surface area contributed by atoms with Gasteiger partial charge in [0.25, 0.3) is 0 Å². The normalized spacial score (nSPS) is 27.4. The molecule has 1 aliphatic rings. The van der Waals surface area contributed by atoms with Crippen LogP contribution in [-0.2, 0) is 0 Å². The Morgan fingerprint density at radius 1 is 1.64 bits per heavy atom. The fraction of sp³-hybridized carbons (Fsp3) is 0.778. The molecule has 0 aromatic rings. The number of piperazine rings is 1. The van der Waals surface area contributed by atoms with Gasteiger partial charge in [-0.2, -0.15) is 0 Å². The second-order valence-electron chi connectivity index (χ2n) is 3.39. The van der Waals surface area contributed by atoms with Crippen LogP contribution in [-0.4, -0.2) is 36.6 Å². The van der Waals surface area contributed by atoms with Crippen molar-refractivity contribution in [1.82, 2.24) is 10.2 Å². The number of nitrogens with zero attached hydrogens (tertiary/aromatic N) is 1. The Bertz CT molecular complexity index is 132. The quantitative estimate of drug-likeness (QED) is 0.593. The summed E-state index contributed by atoms with van der Waals surface area (Å²) in [5, 5.41) is 3.39. The summed E-state index contributed by atoms with van der Waals surface area (Å²) in [7, 11) is 0. The third-order valence-corrected chi connectivity index (χ3v) is 2.25. The van der Waals surface area contributed by atoms with Gasteiger partial charge in [0.05, 0.1) is 0 Å². The first-order chi connectivity index (χ1) is 5.24. The van der Waals surface area contributed by atoms with Gasteiger partial charge in [0.15, 0.2) is 0 Å². The molecule has 0 saturated carbocycles. The number of rotatable bonds is 2. The molecule has 0 spiro atoms. The lowest BCUT2D eigenvalue weighted by Crippen LogP contribution is -2.51. The van der Waals surface area contributed by atoms with Crippen LogP contribution in [0.2, 0.25) is 0 Å². The van der Waals surface area contributed by atoms with Crippen molar-refractivity contribution in [3.8, 4) is 0 Å². The van der Waals surface area contributed by atoms with Gasteiger partial charge in [0, 0.05) is 31.7 Å². The van der Waals surface area contributed by atoms with E-state index in [4.69, 9.17) is 0 Å². The molecule has 0 aliphatic carbocycles. The smallest absolute Gasteiger partial charge is 0.0376 e. The van der Waals surface area contributed by atoms with Gasteiger partial charge < -0.3 is 5.32 Å². The van der Waals surface area contributed by atoms with E-state index in [1.54, 1.807) is 0 Å². The Labute approximate surface area is 69.3 Å². The summed E-state index contributed by atoms with van der Waals surface area (Å²) < 4.78 is 0. The average molecular weight is 154 g/mol. The summed E-state index contributed by atoms with van der Waals surface area (Å²) in [6.45, 7) is 11.6. The highest BCUT2D eigenvalue weighted by molar-refractivity contribution is 4.91. The second kappa shape index (κ2) is 3.88. The second-order valence-corrected chi connectivity index (χ2v) is 3.39. The maximum Gasteiger partial charge on any atom is 0.0376 e. The Morgan fingerprint density at radius 3 is 2.91 bits per heavy atom. The molecule has 2 nitrogen and oxygen atoms in total. The van der Waals surface area contributed by atoms with Crippen molar-refractivity contribution >= 4 is 0 Å². The first-order valence-corrected chi connectivity index (χ1v) is 4.34. The molecule has 1 rings (SSSR count). The van der Waals surface area contributed by atoms with Crippen LogP contribution in [0.5, 0.6) is 0 Å². The SMILES string of the molecule is C=CC1CN(C(C)C)CCN1. The van der Waals surface area contributed by atoms with E-state index in [9.17, 15) is 0 Å². The fourth-order valence-corrected chi connectivity index (χ4v) is 1.43. The van der Waals surface area contributed by atoms with Crippen LogP contribution < -0.4 is 5.32 Å². The van der Waals surface area contributed by atoms with Crippen molar-refractivity contribution < 1.29 is 0 Å². The third-order valence-electron chi connectivity index (χ3n) is 2.25. The maximum absolute atomic E-state index is 3.79. The van der Waals surface area contributed by atoms with E-state index in [2.05, 4.69) is 30.6 Å². The molecule has 1 saturated heterocycles. The van der Waals surface area contributed by atoms with E-state index in [0.717, 1.165) is 13.1 Å².